The molecule has 0 radical (unpaired) electrons. The Morgan fingerprint density at radius 2 is 1.75 bits per heavy atom. The largest absolute Gasteiger partial charge is 0.352 e. The minimum Gasteiger partial charge on any atom is -0.352 e. The monoisotopic (exact) mass is 453 g/mol. The van der Waals surface area contributed by atoms with E-state index in [2.05, 4.69) is 14.9 Å². The second-order valence-corrected chi connectivity index (χ2v) is 9.14. The van der Waals surface area contributed by atoms with Crippen LogP contribution in [0.25, 0.3) is 10.2 Å². The third-order valence-corrected chi connectivity index (χ3v) is 7.10. The maximum atomic E-state index is 13.2. The summed E-state index contributed by atoms with van der Waals surface area (Å²) in [5.41, 5.74) is 0.456. The number of carbonyl (C=O) groups is 2. The summed E-state index contributed by atoms with van der Waals surface area (Å²) in [5, 5.41) is 3.07. The zero-order valence-corrected chi connectivity index (χ0v) is 18.4. The Morgan fingerprint density at radius 3 is 2.53 bits per heavy atom. The lowest BCUT2D eigenvalue weighted by Gasteiger charge is -2.39. The first-order valence-electron chi connectivity index (χ1n) is 10.9. The van der Waals surface area contributed by atoms with Crippen molar-refractivity contribution in [3.8, 4) is 0 Å². The van der Waals surface area contributed by atoms with Crippen LogP contribution in [0.3, 0.4) is 0 Å². The van der Waals surface area contributed by atoms with Crippen LogP contribution in [0.2, 0.25) is 0 Å². The van der Waals surface area contributed by atoms with Crippen LogP contribution in [-0.4, -0.2) is 70.9 Å². The fraction of sp³-hybridized carbons (Fsp3) is 0.391. The number of amides is 2. The number of benzene rings is 1. The predicted octanol–water partition coefficient (Wildman–Crippen LogP) is 3.03. The molecule has 2 aromatic heterocycles. The van der Waals surface area contributed by atoms with Gasteiger partial charge in [-0.25, -0.2) is 14.4 Å². The van der Waals surface area contributed by atoms with E-state index in [0.29, 0.717) is 31.7 Å². The van der Waals surface area contributed by atoms with Crippen molar-refractivity contribution in [1.29, 1.82) is 0 Å². The van der Waals surface area contributed by atoms with Gasteiger partial charge in [0.25, 0.3) is 5.91 Å². The van der Waals surface area contributed by atoms with Crippen molar-refractivity contribution in [3.05, 3.63) is 53.4 Å². The molecular formula is C23H24FN5O2S. The summed E-state index contributed by atoms with van der Waals surface area (Å²) in [5.74, 6) is 0.342. The molecule has 7 nitrogen and oxygen atoms in total. The van der Waals surface area contributed by atoms with Crippen molar-refractivity contribution in [2.45, 2.75) is 12.8 Å². The van der Waals surface area contributed by atoms with Gasteiger partial charge in [0.15, 0.2) is 0 Å². The lowest BCUT2D eigenvalue weighted by atomic mass is 9.95. The fourth-order valence-electron chi connectivity index (χ4n) is 4.56. The van der Waals surface area contributed by atoms with Gasteiger partial charge in [0, 0.05) is 44.8 Å². The van der Waals surface area contributed by atoms with Crippen LogP contribution in [0.4, 0.5) is 10.2 Å². The van der Waals surface area contributed by atoms with Crippen molar-refractivity contribution >= 4 is 39.2 Å². The van der Waals surface area contributed by atoms with E-state index in [9.17, 15) is 14.0 Å². The van der Waals surface area contributed by atoms with Gasteiger partial charge in [-0.15, -0.1) is 11.3 Å². The van der Waals surface area contributed by atoms with Gasteiger partial charge in [-0.1, -0.05) is 0 Å². The Balaban J connectivity index is 1.21. The normalized spacial score (nSPS) is 19.4. The van der Waals surface area contributed by atoms with Crippen LogP contribution >= 0.6 is 11.3 Å². The summed E-state index contributed by atoms with van der Waals surface area (Å²) in [6.07, 6.45) is 3.18. The molecule has 2 aliphatic rings. The van der Waals surface area contributed by atoms with Crippen LogP contribution in [0, 0.1) is 11.7 Å². The van der Waals surface area contributed by atoms with Gasteiger partial charge in [-0.05, 0) is 48.6 Å². The second-order valence-electron chi connectivity index (χ2n) is 8.25. The molecular weight excluding hydrogens is 429 g/mol. The summed E-state index contributed by atoms with van der Waals surface area (Å²) < 4.78 is 13.2. The van der Waals surface area contributed by atoms with Crippen molar-refractivity contribution in [2.75, 3.05) is 44.2 Å². The molecule has 1 aromatic carbocycles. The van der Waals surface area contributed by atoms with E-state index < -0.39 is 0 Å². The number of likely N-dealkylation sites (tertiary alicyclic amines) is 1. The molecule has 1 unspecified atom stereocenters. The Labute approximate surface area is 189 Å². The second kappa shape index (κ2) is 8.82. The Bertz CT molecular complexity index is 1130. The average Bonchev–Trinajstić information content (AvgIpc) is 3.33. The number of piperidine rings is 1. The summed E-state index contributed by atoms with van der Waals surface area (Å²) in [6.45, 7) is 3.75. The lowest BCUT2D eigenvalue weighted by molar-refractivity contribution is -0.137. The number of fused-ring (bicyclic) bond motifs is 1. The highest BCUT2D eigenvalue weighted by molar-refractivity contribution is 7.16. The Morgan fingerprint density at radius 1 is 0.969 bits per heavy atom. The Hall–Kier alpha value is -3.07. The molecule has 2 fully saturated rings. The number of piperazine rings is 1. The minimum absolute atomic E-state index is 0.115. The van der Waals surface area contributed by atoms with Gasteiger partial charge >= 0.3 is 0 Å². The molecule has 2 amide bonds. The van der Waals surface area contributed by atoms with Gasteiger partial charge in [0.05, 0.1) is 11.3 Å². The third-order valence-electron chi connectivity index (χ3n) is 6.28. The molecule has 0 spiro atoms. The van der Waals surface area contributed by atoms with E-state index in [1.165, 1.54) is 24.3 Å². The number of rotatable bonds is 3. The first-order chi connectivity index (χ1) is 15.6. The SMILES string of the molecule is O=C(c1ccc(F)cc1)N1CCCC(C(=O)N2CCN(c3ncnc4sccc34)CC2)C1. The van der Waals surface area contributed by atoms with E-state index in [0.717, 1.165) is 42.0 Å². The van der Waals surface area contributed by atoms with Crippen LogP contribution in [0.15, 0.2) is 42.0 Å². The summed E-state index contributed by atoms with van der Waals surface area (Å²) in [7, 11) is 0. The number of hydrogen-bond acceptors (Lipinski definition) is 6. The molecule has 2 saturated heterocycles. The molecule has 1 atom stereocenters. The fourth-order valence-corrected chi connectivity index (χ4v) is 5.29. The molecule has 0 N–H and O–H groups in total. The first kappa shape index (κ1) is 20.8. The summed E-state index contributed by atoms with van der Waals surface area (Å²) in [4.78, 5) is 41.6. The van der Waals surface area contributed by atoms with Crippen molar-refractivity contribution in [1.82, 2.24) is 19.8 Å². The number of carbonyl (C=O) groups excluding carboxylic acids is 2. The van der Waals surface area contributed by atoms with Crippen LogP contribution < -0.4 is 4.90 Å². The standard InChI is InChI=1S/C23H24FN5O2S/c24-18-5-3-16(4-6-18)22(30)29-8-1-2-17(14-29)23(31)28-11-9-27(10-12-28)20-19-7-13-32-21(19)26-15-25-20/h3-7,13,15,17H,1-2,8-12,14H2. The Kier molecular flexibility index (Phi) is 5.73. The van der Waals surface area contributed by atoms with E-state index in [1.54, 1.807) is 22.6 Å². The van der Waals surface area contributed by atoms with Gasteiger partial charge in [-0.2, -0.15) is 0 Å². The molecule has 166 valence electrons. The van der Waals surface area contributed by atoms with Crippen LogP contribution in [0.5, 0.6) is 0 Å². The van der Waals surface area contributed by atoms with E-state index in [1.807, 2.05) is 16.3 Å². The van der Waals surface area contributed by atoms with E-state index in [-0.39, 0.29) is 23.5 Å². The van der Waals surface area contributed by atoms with E-state index >= 15 is 0 Å². The number of hydrogen-bond donors (Lipinski definition) is 0. The van der Waals surface area contributed by atoms with Crippen molar-refractivity contribution in [3.63, 3.8) is 0 Å². The molecule has 9 heteroatoms. The molecule has 0 aliphatic carbocycles. The molecule has 32 heavy (non-hydrogen) atoms. The highest BCUT2D eigenvalue weighted by atomic mass is 32.1. The molecule has 0 bridgehead atoms. The topological polar surface area (TPSA) is 69.6 Å². The summed E-state index contributed by atoms with van der Waals surface area (Å²) >= 11 is 1.60. The third kappa shape index (κ3) is 4.04. The van der Waals surface area contributed by atoms with Gasteiger partial charge in [0.2, 0.25) is 5.91 Å². The van der Waals surface area contributed by atoms with Gasteiger partial charge < -0.3 is 14.7 Å². The highest BCUT2D eigenvalue weighted by Gasteiger charge is 2.33. The summed E-state index contributed by atoms with van der Waals surface area (Å²) in [6, 6.07) is 7.63. The molecule has 4 heterocycles. The van der Waals surface area contributed by atoms with Crippen molar-refractivity contribution < 1.29 is 14.0 Å². The number of nitrogens with zero attached hydrogens (tertiary/aromatic N) is 5. The minimum atomic E-state index is -0.367. The van der Waals surface area contributed by atoms with Gasteiger partial charge in [-0.3, -0.25) is 9.59 Å². The molecule has 5 rings (SSSR count). The smallest absolute Gasteiger partial charge is 0.253 e. The lowest BCUT2D eigenvalue weighted by Crippen LogP contribution is -2.53. The van der Waals surface area contributed by atoms with E-state index in [4.69, 9.17) is 0 Å². The van der Waals surface area contributed by atoms with Crippen LogP contribution in [0.1, 0.15) is 23.2 Å². The highest BCUT2D eigenvalue weighted by Crippen LogP contribution is 2.28. The molecule has 2 aliphatic heterocycles. The van der Waals surface area contributed by atoms with Crippen LogP contribution in [-0.2, 0) is 4.79 Å². The van der Waals surface area contributed by atoms with Crippen molar-refractivity contribution in [2.24, 2.45) is 5.92 Å². The quantitative estimate of drug-likeness (QED) is 0.610. The average molecular weight is 454 g/mol. The predicted molar refractivity (Wildman–Crippen MR) is 121 cm³/mol. The maximum Gasteiger partial charge on any atom is 0.253 e. The molecule has 3 aromatic rings. The zero-order chi connectivity index (χ0) is 22.1. The zero-order valence-electron chi connectivity index (χ0n) is 17.6. The molecule has 0 saturated carbocycles. The number of aromatic nitrogens is 2. The van der Waals surface area contributed by atoms with Gasteiger partial charge in [0.1, 0.15) is 22.8 Å². The number of thiophene rings is 1. The first-order valence-corrected chi connectivity index (χ1v) is 11.7. The number of anilines is 1. The number of halogens is 1. The maximum absolute atomic E-state index is 13.2.